The summed E-state index contributed by atoms with van der Waals surface area (Å²) in [6, 6.07) is 9.12. The standard InChI is InChI=1S/C13H12O4/c1-12-8(10(14)15)13(12,9(12)11(16)17)7-5-3-2-4-6-7/h2-6,8-9H,1H3,(H,14,15)(H,16,17)/t8-,9-,12?,13?/m1/s1. The molecule has 2 atom stereocenters. The van der Waals surface area contributed by atoms with Crippen molar-refractivity contribution in [3.8, 4) is 0 Å². The average molecular weight is 232 g/mol. The van der Waals surface area contributed by atoms with Gasteiger partial charge in [0.15, 0.2) is 0 Å². The van der Waals surface area contributed by atoms with Gasteiger partial charge in [-0.05, 0) is 5.56 Å². The Morgan fingerprint density at radius 3 is 1.94 bits per heavy atom. The van der Waals surface area contributed by atoms with Crippen LogP contribution in [0.4, 0.5) is 0 Å². The molecule has 2 N–H and O–H groups in total. The molecule has 0 heterocycles. The van der Waals surface area contributed by atoms with Crippen LogP contribution < -0.4 is 0 Å². The van der Waals surface area contributed by atoms with E-state index in [4.69, 9.17) is 10.2 Å². The number of benzene rings is 1. The molecule has 0 amide bonds. The Balaban J connectivity index is 2.07. The third kappa shape index (κ3) is 0.866. The Bertz CT molecular complexity index is 497. The monoisotopic (exact) mass is 232 g/mol. The highest BCUT2D eigenvalue weighted by molar-refractivity contribution is 5.95. The van der Waals surface area contributed by atoms with Crippen LogP contribution in [0.25, 0.3) is 0 Å². The Morgan fingerprint density at radius 2 is 1.53 bits per heavy atom. The first-order valence-corrected chi connectivity index (χ1v) is 5.50. The lowest BCUT2D eigenvalue weighted by Gasteiger charge is -2.15. The SMILES string of the molecule is CC12[C@@H](C(=O)O)C1(c1ccccc1)[C@@H]2C(=O)O. The van der Waals surface area contributed by atoms with Gasteiger partial charge in [0.2, 0.25) is 0 Å². The molecule has 0 radical (unpaired) electrons. The first-order chi connectivity index (χ1) is 7.99. The van der Waals surface area contributed by atoms with Crippen molar-refractivity contribution in [2.45, 2.75) is 12.3 Å². The predicted molar refractivity (Wildman–Crippen MR) is 58.5 cm³/mol. The van der Waals surface area contributed by atoms with Gasteiger partial charge in [0, 0.05) is 10.8 Å². The Labute approximate surface area is 97.9 Å². The highest BCUT2D eigenvalue weighted by Crippen LogP contribution is 2.93. The average Bonchev–Trinajstić information content (AvgIpc) is 3.01. The van der Waals surface area contributed by atoms with E-state index < -0.39 is 34.6 Å². The largest absolute Gasteiger partial charge is 0.481 e. The van der Waals surface area contributed by atoms with Gasteiger partial charge in [-0.25, -0.2) is 0 Å². The van der Waals surface area contributed by atoms with E-state index >= 15 is 0 Å². The Morgan fingerprint density at radius 1 is 1.06 bits per heavy atom. The van der Waals surface area contributed by atoms with Crippen molar-refractivity contribution in [1.82, 2.24) is 0 Å². The molecule has 17 heavy (non-hydrogen) atoms. The minimum absolute atomic E-state index is 0.557. The number of aliphatic carboxylic acids is 2. The van der Waals surface area contributed by atoms with Crippen LogP contribution in [0, 0.1) is 17.3 Å². The molecule has 0 spiro atoms. The number of rotatable bonds is 3. The van der Waals surface area contributed by atoms with Gasteiger partial charge < -0.3 is 10.2 Å². The van der Waals surface area contributed by atoms with Gasteiger partial charge in [0.05, 0.1) is 11.8 Å². The summed E-state index contributed by atoms with van der Waals surface area (Å²) in [6.07, 6.45) is 0. The van der Waals surface area contributed by atoms with Gasteiger partial charge in [0.25, 0.3) is 0 Å². The molecule has 3 rings (SSSR count). The lowest BCUT2D eigenvalue weighted by molar-refractivity contribution is -0.146. The molecule has 4 heteroatoms. The van der Waals surface area contributed by atoms with E-state index in [1.807, 2.05) is 30.3 Å². The number of carbonyl (C=O) groups is 2. The van der Waals surface area contributed by atoms with Crippen molar-refractivity contribution in [3.05, 3.63) is 35.9 Å². The van der Waals surface area contributed by atoms with E-state index in [0.717, 1.165) is 5.56 Å². The molecule has 88 valence electrons. The quantitative estimate of drug-likeness (QED) is 0.825. The van der Waals surface area contributed by atoms with Gasteiger partial charge in [0.1, 0.15) is 0 Å². The van der Waals surface area contributed by atoms with Crippen LogP contribution >= 0.6 is 0 Å². The molecule has 4 nitrogen and oxygen atoms in total. The third-order valence-electron chi connectivity index (χ3n) is 4.58. The predicted octanol–water partition coefficient (Wildman–Crippen LogP) is 1.36. The maximum absolute atomic E-state index is 11.2. The maximum atomic E-state index is 11.2. The fourth-order valence-corrected chi connectivity index (χ4v) is 3.84. The van der Waals surface area contributed by atoms with Crippen LogP contribution in [0.3, 0.4) is 0 Å². The van der Waals surface area contributed by atoms with Crippen LogP contribution in [0.5, 0.6) is 0 Å². The first kappa shape index (κ1) is 10.3. The molecule has 0 saturated heterocycles. The van der Waals surface area contributed by atoms with Gasteiger partial charge in [-0.2, -0.15) is 0 Å². The second kappa shape index (κ2) is 2.70. The molecule has 2 saturated carbocycles. The summed E-state index contributed by atoms with van der Waals surface area (Å²) in [6.45, 7) is 1.76. The Hall–Kier alpha value is -1.84. The first-order valence-electron chi connectivity index (χ1n) is 5.50. The van der Waals surface area contributed by atoms with E-state index in [-0.39, 0.29) is 0 Å². The minimum atomic E-state index is -0.895. The van der Waals surface area contributed by atoms with E-state index in [1.54, 1.807) is 6.92 Å². The van der Waals surface area contributed by atoms with Crippen molar-refractivity contribution < 1.29 is 19.8 Å². The van der Waals surface area contributed by atoms with E-state index in [0.29, 0.717) is 0 Å². The summed E-state index contributed by atoms with van der Waals surface area (Å²) < 4.78 is 0. The van der Waals surface area contributed by atoms with Crippen molar-refractivity contribution in [3.63, 3.8) is 0 Å². The highest BCUT2D eigenvalue weighted by atomic mass is 16.4. The molecular weight excluding hydrogens is 220 g/mol. The zero-order valence-corrected chi connectivity index (χ0v) is 9.25. The van der Waals surface area contributed by atoms with Crippen molar-refractivity contribution in [2.24, 2.45) is 17.3 Å². The lowest BCUT2D eigenvalue weighted by Crippen LogP contribution is -2.27. The normalized spacial score (nSPS) is 41.5. The number of hydrogen-bond acceptors (Lipinski definition) is 2. The summed E-state index contributed by atoms with van der Waals surface area (Å²) in [5, 5.41) is 18.3. The number of hydrogen-bond donors (Lipinski definition) is 2. The smallest absolute Gasteiger partial charge is 0.308 e. The number of carboxylic acids is 2. The molecule has 1 aromatic rings. The van der Waals surface area contributed by atoms with Crippen LogP contribution in [-0.2, 0) is 15.0 Å². The van der Waals surface area contributed by atoms with E-state index in [1.165, 1.54) is 0 Å². The van der Waals surface area contributed by atoms with Crippen LogP contribution in [0.1, 0.15) is 12.5 Å². The van der Waals surface area contributed by atoms with Crippen LogP contribution in [0.2, 0.25) is 0 Å². The topological polar surface area (TPSA) is 74.6 Å². The van der Waals surface area contributed by atoms with Crippen molar-refractivity contribution in [1.29, 1.82) is 0 Å². The lowest BCUT2D eigenvalue weighted by atomic mass is 9.88. The molecule has 1 aromatic carbocycles. The van der Waals surface area contributed by atoms with Crippen LogP contribution in [0.15, 0.2) is 30.3 Å². The van der Waals surface area contributed by atoms with Gasteiger partial charge >= 0.3 is 11.9 Å². The van der Waals surface area contributed by atoms with Crippen LogP contribution in [-0.4, -0.2) is 22.2 Å². The molecule has 0 aliphatic heterocycles. The zero-order chi connectivity index (χ0) is 12.4. The van der Waals surface area contributed by atoms with Crippen molar-refractivity contribution >= 4 is 11.9 Å². The second-order valence-electron chi connectivity index (χ2n) is 5.06. The van der Waals surface area contributed by atoms with Gasteiger partial charge in [-0.15, -0.1) is 0 Å². The minimum Gasteiger partial charge on any atom is -0.481 e. The van der Waals surface area contributed by atoms with Gasteiger partial charge in [-0.1, -0.05) is 37.3 Å². The van der Waals surface area contributed by atoms with Gasteiger partial charge in [-0.3, -0.25) is 9.59 Å². The van der Waals surface area contributed by atoms with E-state index in [2.05, 4.69) is 0 Å². The molecular formula is C13H12O4. The third-order valence-corrected chi connectivity index (χ3v) is 4.58. The molecule has 0 bridgehead atoms. The molecule has 0 aromatic heterocycles. The number of fused-ring (bicyclic) bond motifs is 1. The summed E-state index contributed by atoms with van der Waals surface area (Å²) in [7, 11) is 0. The summed E-state index contributed by atoms with van der Waals surface area (Å²) in [5.41, 5.74) is -0.444. The zero-order valence-electron chi connectivity index (χ0n) is 9.25. The fourth-order valence-electron chi connectivity index (χ4n) is 3.84. The maximum Gasteiger partial charge on any atom is 0.308 e. The molecule has 2 fully saturated rings. The Kier molecular flexibility index (Phi) is 1.64. The summed E-state index contributed by atoms with van der Waals surface area (Å²) >= 11 is 0. The van der Waals surface area contributed by atoms with Crippen molar-refractivity contribution in [2.75, 3.05) is 0 Å². The summed E-state index contributed by atoms with van der Waals surface area (Å²) in [4.78, 5) is 22.3. The fraction of sp³-hybridized carbons (Fsp3) is 0.385. The van der Waals surface area contributed by atoms with E-state index in [9.17, 15) is 9.59 Å². The highest BCUT2D eigenvalue weighted by Gasteiger charge is 3.00. The summed E-state index contributed by atoms with van der Waals surface area (Å²) in [5.74, 6) is -2.90. The molecule has 0 unspecified atom stereocenters. The number of carboxylic acid groups (broad SMARTS) is 2. The molecule has 2 aliphatic rings. The second-order valence-corrected chi connectivity index (χ2v) is 5.06. The molecule has 2 aliphatic carbocycles.